The highest BCUT2D eigenvalue weighted by Crippen LogP contribution is 2.40. The Hall–Kier alpha value is -2.84. The lowest BCUT2D eigenvalue weighted by molar-refractivity contribution is 0.0984. The second-order valence-corrected chi connectivity index (χ2v) is 9.22. The minimum absolute atomic E-state index is 0.153. The number of rotatable bonds is 11. The molecule has 0 radical (unpaired) electrons. The predicted molar refractivity (Wildman–Crippen MR) is 139 cm³/mol. The van der Waals surface area contributed by atoms with Crippen LogP contribution in [0, 0.1) is 13.8 Å². The molecule has 0 N–H and O–H groups in total. The summed E-state index contributed by atoms with van der Waals surface area (Å²) in [6.07, 6.45) is 0. The third-order valence-corrected chi connectivity index (χ3v) is 6.52. The van der Waals surface area contributed by atoms with E-state index in [1.165, 1.54) is 16.9 Å². The quantitative estimate of drug-likeness (QED) is 0.366. The lowest BCUT2D eigenvalue weighted by Gasteiger charge is -2.23. The fourth-order valence-corrected chi connectivity index (χ4v) is 4.63. The number of hydrogen-bond donors (Lipinski definition) is 0. The largest absolute Gasteiger partial charge is 0.490 e. The summed E-state index contributed by atoms with van der Waals surface area (Å²) in [6, 6.07) is 7.65. The van der Waals surface area contributed by atoms with E-state index >= 15 is 0 Å². The van der Waals surface area contributed by atoms with Crippen molar-refractivity contribution in [2.75, 3.05) is 51.9 Å². The standard InChI is InChI=1S/C26H35N3O4S/c1-8-31-20-15-19(16-21(32-9-2)24(20)33-10-3)25(30)29(14-13-28(6)7)26-27-23-18(5)17(4)11-12-22(23)34-26/h11-12,15-16H,8-10,13-14H2,1-7H3. The van der Waals surface area contributed by atoms with E-state index in [4.69, 9.17) is 19.2 Å². The molecule has 0 bridgehead atoms. The number of hydrogen-bond acceptors (Lipinski definition) is 7. The van der Waals surface area contributed by atoms with Crippen LogP contribution >= 0.6 is 11.3 Å². The van der Waals surface area contributed by atoms with Gasteiger partial charge in [0.05, 0.1) is 30.0 Å². The van der Waals surface area contributed by atoms with E-state index in [2.05, 4.69) is 30.9 Å². The summed E-state index contributed by atoms with van der Waals surface area (Å²) < 4.78 is 18.5. The minimum atomic E-state index is -0.153. The van der Waals surface area contributed by atoms with Gasteiger partial charge in [0.15, 0.2) is 16.6 Å². The minimum Gasteiger partial charge on any atom is -0.490 e. The monoisotopic (exact) mass is 485 g/mol. The number of anilines is 1. The topological polar surface area (TPSA) is 64.1 Å². The molecule has 0 saturated carbocycles. The van der Waals surface area contributed by atoms with Crippen LogP contribution in [0.15, 0.2) is 24.3 Å². The molecule has 0 aliphatic heterocycles. The van der Waals surface area contributed by atoms with Gasteiger partial charge >= 0.3 is 0 Å². The fraction of sp³-hybridized carbons (Fsp3) is 0.462. The normalized spacial score (nSPS) is 11.2. The molecule has 0 spiro atoms. The van der Waals surface area contributed by atoms with E-state index in [0.717, 1.165) is 15.8 Å². The molecule has 1 heterocycles. The maximum atomic E-state index is 13.9. The molecule has 8 heteroatoms. The molecule has 0 unspecified atom stereocenters. The zero-order valence-corrected chi connectivity index (χ0v) is 22.0. The highest BCUT2D eigenvalue weighted by atomic mass is 32.1. The third kappa shape index (κ3) is 5.62. The summed E-state index contributed by atoms with van der Waals surface area (Å²) in [7, 11) is 3.98. The number of nitrogens with zero attached hydrogens (tertiary/aromatic N) is 3. The zero-order chi connectivity index (χ0) is 24.8. The van der Waals surface area contributed by atoms with Crippen LogP contribution < -0.4 is 19.1 Å². The van der Waals surface area contributed by atoms with Gasteiger partial charge in [-0.05, 0) is 78.0 Å². The number of ether oxygens (including phenoxy) is 3. The van der Waals surface area contributed by atoms with Crippen LogP contribution in [-0.4, -0.2) is 62.8 Å². The van der Waals surface area contributed by atoms with E-state index in [1.54, 1.807) is 17.0 Å². The average Bonchev–Trinajstić information content (AvgIpc) is 3.23. The smallest absolute Gasteiger partial charge is 0.260 e. The second-order valence-electron chi connectivity index (χ2n) is 8.21. The maximum Gasteiger partial charge on any atom is 0.260 e. The van der Waals surface area contributed by atoms with Crippen molar-refractivity contribution >= 4 is 32.6 Å². The Balaban J connectivity index is 2.10. The number of carbonyl (C=O) groups excluding carboxylic acids is 1. The lowest BCUT2D eigenvalue weighted by Crippen LogP contribution is -2.36. The van der Waals surface area contributed by atoms with Crippen LogP contribution in [0.3, 0.4) is 0 Å². The van der Waals surface area contributed by atoms with E-state index in [9.17, 15) is 4.79 Å². The molecule has 3 rings (SSSR count). The number of aromatic nitrogens is 1. The molecule has 0 fully saturated rings. The van der Waals surface area contributed by atoms with Crippen molar-refractivity contribution in [1.82, 2.24) is 9.88 Å². The Bertz CT molecular complexity index is 1120. The summed E-state index contributed by atoms with van der Waals surface area (Å²) in [6.45, 7) is 12.4. The number of amides is 1. The summed E-state index contributed by atoms with van der Waals surface area (Å²) in [5.74, 6) is 1.37. The Morgan fingerprint density at radius 3 is 2.12 bits per heavy atom. The molecular formula is C26H35N3O4S. The van der Waals surface area contributed by atoms with Gasteiger partial charge in [-0.25, -0.2) is 4.98 Å². The van der Waals surface area contributed by atoms with E-state index < -0.39 is 0 Å². The Labute approximate surface area is 206 Å². The van der Waals surface area contributed by atoms with Crippen LogP contribution in [0.5, 0.6) is 17.2 Å². The molecular weight excluding hydrogens is 450 g/mol. The van der Waals surface area contributed by atoms with Crippen LogP contribution in [-0.2, 0) is 0 Å². The first-order chi connectivity index (χ1) is 16.3. The molecule has 2 aromatic carbocycles. The molecule has 184 valence electrons. The number of fused-ring (bicyclic) bond motifs is 1. The third-order valence-electron chi connectivity index (χ3n) is 5.48. The second kappa shape index (κ2) is 11.5. The van der Waals surface area contributed by atoms with Crippen molar-refractivity contribution in [3.8, 4) is 17.2 Å². The van der Waals surface area contributed by atoms with Gasteiger partial charge in [-0.15, -0.1) is 0 Å². The van der Waals surface area contributed by atoms with Crippen molar-refractivity contribution in [3.63, 3.8) is 0 Å². The van der Waals surface area contributed by atoms with Crippen molar-refractivity contribution in [2.45, 2.75) is 34.6 Å². The Kier molecular flexibility index (Phi) is 8.74. The van der Waals surface area contributed by atoms with E-state index in [0.29, 0.717) is 60.9 Å². The van der Waals surface area contributed by atoms with E-state index in [-0.39, 0.29) is 5.91 Å². The first-order valence-electron chi connectivity index (χ1n) is 11.7. The number of aryl methyl sites for hydroxylation is 2. The molecule has 34 heavy (non-hydrogen) atoms. The highest BCUT2D eigenvalue weighted by molar-refractivity contribution is 7.22. The molecule has 1 amide bonds. The van der Waals surface area contributed by atoms with Crippen molar-refractivity contribution in [1.29, 1.82) is 0 Å². The number of thiazole rings is 1. The van der Waals surface area contributed by atoms with Crippen LogP contribution in [0.1, 0.15) is 42.3 Å². The summed E-state index contributed by atoms with van der Waals surface area (Å²) >= 11 is 1.53. The van der Waals surface area contributed by atoms with Crippen molar-refractivity contribution in [2.24, 2.45) is 0 Å². The number of benzene rings is 2. The number of carbonyl (C=O) groups is 1. The molecule has 7 nitrogen and oxygen atoms in total. The molecule has 1 aromatic heterocycles. The zero-order valence-electron chi connectivity index (χ0n) is 21.2. The highest BCUT2D eigenvalue weighted by Gasteiger charge is 2.25. The lowest BCUT2D eigenvalue weighted by atomic mass is 10.1. The average molecular weight is 486 g/mol. The first kappa shape index (κ1) is 25.8. The van der Waals surface area contributed by atoms with Gasteiger partial charge in [0.25, 0.3) is 5.91 Å². The van der Waals surface area contributed by atoms with Crippen LogP contribution in [0.25, 0.3) is 10.2 Å². The van der Waals surface area contributed by atoms with Gasteiger partial charge in [-0.3, -0.25) is 9.69 Å². The first-order valence-corrected chi connectivity index (χ1v) is 12.5. The Morgan fingerprint density at radius 1 is 0.941 bits per heavy atom. The molecule has 0 aliphatic carbocycles. The van der Waals surface area contributed by atoms with Crippen molar-refractivity contribution < 1.29 is 19.0 Å². The SMILES string of the molecule is CCOc1cc(C(=O)N(CCN(C)C)c2nc3c(C)c(C)ccc3s2)cc(OCC)c1OCC. The van der Waals surface area contributed by atoms with Crippen LogP contribution in [0.2, 0.25) is 0 Å². The summed E-state index contributed by atoms with van der Waals surface area (Å²) in [4.78, 5) is 22.6. The van der Waals surface area contributed by atoms with Gasteiger partial charge in [0.1, 0.15) is 0 Å². The van der Waals surface area contributed by atoms with Crippen molar-refractivity contribution in [3.05, 3.63) is 41.0 Å². The van der Waals surface area contributed by atoms with Gasteiger partial charge < -0.3 is 19.1 Å². The summed E-state index contributed by atoms with van der Waals surface area (Å²) in [5, 5.41) is 0.681. The summed E-state index contributed by atoms with van der Waals surface area (Å²) in [5.41, 5.74) is 3.74. The van der Waals surface area contributed by atoms with E-state index in [1.807, 2.05) is 34.9 Å². The van der Waals surface area contributed by atoms with Gasteiger partial charge in [-0.2, -0.15) is 0 Å². The number of likely N-dealkylation sites (N-methyl/N-ethyl adjacent to an activating group) is 1. The predicted octanol–water partition coefficient (Wildman–Crippen LogP) is 5.32. The molecule has 0 atom stereocenters. The van der Waals surface area contributed by atoms with Gasteiger partial charge in [0, 0.05) is 18.7 Å². The molecule has 0 saturated heterocycles. The van der Waals surface area contributed by atoms with Crippen LogP contribution in [0.4, 0.5) is 5.13 Å². The molecule has 0 aliphatic rings. The fourth-order valence-electron chi connectivity index (χ4n) is 3.58. The van der Waals surface area contributed by atoms with Gasteiger partial charge in [-0.1, -0.05) is 17.4 Å². The molecule has 3 aromatic rings. The Morgan fingerprint density at radius 2 is 1.56 bits per heavy atom. The maximum absolute atomic E-state index is 13.9. The van der Waals surface area contributed by atoms with Gasteiger partial charge in [0.2, 0.25) is 5.75 Å².